The Morgan fingerprint density at radius 3 is 2.64 bits per heavy atom. The minimum Gasteiger partial charge on any atom is -0.493 e. The van der Waals surface area contributed by atoms with Gasteiger partial charge in [0.15, 0.2) is 11.5 Å². The molecule has 6 nitrogen and oxygen atoms in total. The van der Waals surface area contributed by atoms with Crippen LogP contribution in [0.1, 0.15) is 42.3 Å². The number of anilines is 1. The zero-order chi connectivity index (χ0) is 19.4. The van der Waals surface area contributed by atoms with Gasteiger partial charge in [-0.1, -0.05) is 12.1 Å². The Balaban J connectivity index is 1.65. The fourth-order valence-electron chi connectivity index (χ4n) is 6.05. The number of methoxy groups -OCH3 is 2. The lowest BCUT2D eigenvalue weighted by molar-refractivity contribution is -0.384. The predicted molar refractivity (Wildman–Crippen MR) is 106 cm³/mol. The van der Waals surface area contributed by atoms with Crippen molar-refractivity contribution in [2.45, 2.75) is 31.2 Å². The Bertz CT molecular complexity index is 944. The third-order valence-electron chi connectivity index (χ3n) is 7.05. The van der Waals surface area contributed by atoms with Crippen LogP contribution < -0.4 is 14.8 Å². The van der Waals surface area contributed by atoms with Crippen LogP contribution in [-0.2, 0) is 0 Å². The smallest absolute Gasteiger partial charge is 0.269 e. The standard InChI is InChI=1S/C22H24N2O4/c1-27-18-5-3-4-15(22(18)28-2)21-20-13-7-6-12(10-13)19(20)16-11-14(24(25)26)8-9-17(16)23-21/h3-5,8-9,11-13,19-21,23H,6-7,10H2,1-2H3/t12-,13+,19+,20+,21+/m0/s1. The first kappa shape index (κ1) is 17.3. The third-order valence-corrected chi connectivity index (χ3v) is 7.05. The normalized spacial score (nSPS) is 29.6. The van der Waals surface area contributed by atoms with E-state index < -0.39 is 0 Å². The van der Waals surface area contributed by atoms with E-state index in [2.05, 4.69) is 11.4 Å². The molecule has 1 heterocycles. The summed E-state index contributed by atoms with van der Waals surface area (Å²) in [6.07, 6.45) is 3.67. The lowest BCUT2D eigenvalue weighted by Crippen LogP contribution is -2.35. The summed E-state index contributed by atoms with van der Waals surface area (Å²) in [6.45, 7) is 0. The monoisotopic (exact) mass is 380 g/mol. The number of non-ortho nitro benzene ring substituents is 1. The maximum atomic E-state index is 11.3. The molecule has 146 valence electrons. The van der Waals surface area contributed by atoms with E-state index in [1.54, 1.807) is 26.4 Å². The van der Waals surface area contributed by atoms with Crippen molar-refractivity contribution in [1.82, 2.24) is 0 Å². The van der Waals surface area contributed by atoms with Crippen molar-refractivity contribution >= 4 is 11.4 Å². The molecule has 0 radical (unpaired) electrons. The maximum absolute atomic E-state index is 11.3. The molecule has 2 aliphatic carbocycles. The van der Waals surface area contributed by atoms with Crippen molar-refractivity contribution in [3.63, 3.8) is 0 Å². The van der Waals surface area contributed by atoms with Gasteiger partial charge in [-0.05, 0) is 60.6 Å². The van der Waals surface area contributed by atoms with E-state index in [4.69, 9.17) is 9.47 Å². The van der Waals surface area contributed by atoms with Crippen molar-refractivity contribution in [3.05, 3.63) is 57.6 Å². The second kappa shape index (κ2) is 6.40. The third kappa shape index (κ3) is 2.40. The Morgan fingerprint density at radius 1 is 1.07 bits per heavy atom. The van der Waals surface area contributed by atoms with Crippen LogP contribution in [0, 0.1) is 27.9 Å². The molecular formula is C22H24N2O4. The molecule has 2 fully saturated rings. The molecule has 5 rings (SSSR count). The predicted octanol–water partition coefficient (Wildman–Crippen LogP) is 4.91. The zero-order valence-electron chi connectivity index (χ0n) is 16.1. The van der Waals surface area contributed by atoms with E-state index in [1.807, 2.05) is 18.2 Å². The van der Waals surface area contributed by atoms with Crippen LogP contribution in [-0.4, -0.2) is 19.1 Å². The van der Waals surface area contributed by atoms with Crippen LogP contribution >= 0.6 is 0 Å². The van der Waals surface area contributed by atoms with Crippen molar-refractivity contribution in [2.24, 2.45) is 17.8 Å². The van der Waals surface area contributed by atoms with Gasteiger partial charge < -0.3 is 14.8 Å². The molecular weight excluding hydrogens is 356 g/mol. The Hall–Kier alpha value is -2.76. The second-order valence-corrected chi connectivity index (χ2v) is 8.17. The van der Waals surface area contributed by atoms with Gasteiger partial charge in [0, 0.05) is 23.4 Å². The highest BCUT2D eigenvalue weighted by Gasteiger charge is 2.54. The maximum Gasteiger partial charge on any atom is 0.269 e. The first-order chi connectivity index (χ1) is 13.6. The molecule has 0 amide bonds. The number of hydrogen-bond donors (Lipinski definition) is 1. The van der Waals surface area contributed by atoms with Crippen molar-refractivity contribution < 1.29 is 14.4 Å². The minimum absolute atomic E-state index is 0.110. The minimum atomic E-state index is -0.292. The summed E-state index contributed by atoms with van der Waals surface area (Å²) in [5.74, 6) is 3.52. The van der Waals surface area contributed by atoms with Gasteiger partial charge in [-0.3, -0.25) is 10.1 Å². The number of nitrogens with zero attached hydrogens (tertiary/aromatic N) is 1. The van der Waals surface area contributed by atoms with Gasteiger partial charge >= 0.3 is 0 Å². The highest BCUT2D eigenvalue weighted by Crippen LogP contribution is 2.64. The van der Waals surface area contributed by atoms with E-state index in [0.29, 0.717) is 23.7 Å². The number of benzene rings is 2. The Labute approximate surface area is 164 Å². The molecule has 3 aliphatic rings. The van der Waals surface area contributed by atoms with E-state index in [9.17, 15) is 10.1 Å². The highest BCUT2D eigenvalue weighted by molar-refractivity contribution is 5.63. The van der Waals surface area contributed by atoms with Crippen LogP contribution in [0.5, 0.6) is 11.5 Å². The van der Waals surface area contributed by atoms with E-state index >= 15 is 0 Å². The van der Waals surface area contributed by atoms with Gasteiger partial charge in [0.25, 0.3) is 5.69 Å². The Morgan fingerprint density at radius 2 is 1.89 bits per heavy atom. The van der Waals surface area contributed by atoms with Gasteiger partial charge in [-0.25, -0.2) is 0 Å². The first-order valence-electron chi connectivity index (χ1n) is 9.88. The van der Waals surface area contributed by atoms with Gasteiger partial charge in [-0.15, -0.1) is 0 Å². The van der Waals surface area contributed by atoms with Gasteiger partial charge in [0.05, 0.1) is 25.2 Å². The van der Waals surface area contributed by atoms with Crippen LogP contribution in [0.25, 0.3) is 0 Å². The van der Waals surface area contributed by atoms with Crippen LogP contribution in [0.15, 0.2) is 36.4 Å². The molecule has 6 heteroatoms. The van der Waals surface area contributed by atoms with Crippen molar-refractivity contribution in [1.29, 1.82) is 0 Å². The zero-order valence-corrected chi connectivity index (χ0v) is 16.1. The fraction of sp³-hybridized carbons (Fsp3) is 0.455. The number of hydrogen-bond acceptors (Lipinski definition) is 5. The molecule has 0 saturated heterocycles. The molecule has 0 spiro atoms. The lowest BCUT2D eigenvalue weighted by Gasteiger charge is -2.43. The summed E-state index contributed by atoms with van der Waals surface area (Å²) >= 11 is 0. The lowest BCUT2D eigenvalue weighted by atomic mass is 9.68. The summed E-state index contributed by atoms with van der Waals surface area (Å²) < 4.78 is 11.3. The summed E-state index contributed by atoms with van der Waals surface area (Å²) in [4.78, 5) is 11.0. The quantitative estimate of drug-likeness (QED) is 0.603. The summed E-state index contributed by atoms with van der Waals surface area (Å²) in [5, 5.41) is 15.0. The van der Waals surface area contributed by atoms with E-state index in [-0.39, 0.29) is 16.7 Å². The molecule has 2 aromatic rings. The number of ether oxygens (including phenoxy) is 2. The summed E-state index contributed by atoms with van der Waals surface area (Å²) in [5.41, 5.74) is 3.41. The molecule has 28 heavy (non-hydrogen) atoms. The number of nitro benzene ring substituents is 1. The summed E-state index contributed by atoms with van der Waals surface area (Å²) in [6, 6.07) is 11.4. The topological polar surface area (TPSA) is 73.6 Å². The molecule has 2 bridgehead atoms. The molecule has 2 saturated carbocycles. The number of rotatable bonds is 4. The number of fused-ring (bicyclic) bond motifs is 7. The molecule has 1 N–H and O–H groups in total. The van der Waals surface area contributed by atoms with Crippen molar-refractivity contribution in [2.75, 3.05) is 19.5 Å². The molecule has 5 atom stereocenters. The van der Waals surface area contributed by atoms with Gasteiger partial charge in [0.1, 0.15) is 0 Å². The van der Waals surface area contributed by atoms with Crippen LogP contribution in [0.2, 0.25) is 0 Å². The van der Waals surface area contributed by atoms with Crippen LogP contribution in [0.4, 0.5) is 11.4 Å². The summed E-state index contributed by atoms with van der Waals surface area (Å²) in [7, 11) is 3.34. The highest BCUT2D eigenvalue weighted by atomic mass is 16.6. The van der Waals surface area contributed by atoms with Gasteiger partial charge in [-0.2, -0.15) is 0 Å². The second-order valence-electron chi connectivity index (χ2n) is 8.17. The number of nitro groups is 1. The average molecular weight is 380 g/mol. The fourth-order valence-corrected chi connectivity index (χ4v) is 6.05. The first-order valence-corrected chi connectivity index (χ1v) is 9.88. The van der Waals surface area contributed by atoms with Crippen molar-refractivity contribution in [3.8, 4) is 11.5 Å². The van der Waals surface area contributed by atoms with E-state index in [0.717, 1.165) is 28.3 Å². The van der Waals surface area contributed by atoms with Crippen LogP contribution in [0.3, 0.4) is 0 Å². The molecule has 0 aromatic heterocycles. The van der Waals surface area contributed by atoms with E-state index in [1.165, 1.54) is 19.3 Å². The molecule has 2 aromatic carbocycles. The average Bonchev–Trinajstić information content (AvgIpc) is 3.34. The largest absolute Gasteiger partial charge is 0.493 e. The molecule has 1 aliphatic heterocycles. The Kier molecular flexibility index (Phi) is 3.96. The SMILES string of the molecule is COc1cccc([C@H]2Nc3ccc([N+](=O)[O-])cc3[C@H]3[C@H]4CC[C@H](C4)[C@H]32)c1OC. The number of nitrogens with one attached hydrogen (secondary N) is 1. The molecule has 0 unspecified atom stereocenters. The van der Waals surface area contributed by atoms with Gasteiger partial charge in [0.2, 0.25) is 0 Å². The number of para-hydroxylation sites is 1.